The van der Waals surface area contributed by atoms with Gasteiger partial charge in [-0.15, -0.1) is 22.5 Å². The SMILES string of the molecule is Cc1c2c(c(C)[c-]1C)N(C)[CH-]N2C. The topological polar surface area (TPSA) is 6.48 Å². The molecule has 1 aromatic rings. The number of rotatable bonds is 0. The molecule has 0 fully saturated rings. The van der Waals surface area contributed by atoms with Gasteiger partial charge in [0.25, 0.3) is 0 Å². The molecule has 1 aromatic carbocycles. The summed E-state index contributed by atoms with van der Waals surface area (Å²) in [5.41, 5.74) is 7.00. The van der Waals surface area contributed by atoms with E-state index >= 15 is 0 Å². The summed E-state index contributed by atoms with van der Waals surface area (Å²) in [6.45, 7) is 8.73. The van der Waals surface area contributed by atoms with Crippen molar-refractivity contribution in [3.63, 3.8) is 0 Å². The maximum absolute atomic E-state index is 2.20. The Balaban J connectivity index is 2.69. The second-order valence-electron chi connectivity index (χ2n) is 3.91. The molecule has 0 atom stereocenters. The number of nitrogens with zero attached hydrogens (tertiary/aromatic N) is 2. The average Bonchev–Trinajstić information content (AvgIpc) is 2.47. The van der Waals surface area contributed by atoms with Gasteiger partial charge in [0.1, 0.15) is 0 Å². The largest absolute Gasteiger partial charge is 0.567 e. The van der Waals surface area contributed by atoms with Crippen LogP contribution in [0, 0.1) is 27.4 Å². The van der Waals surface area contributed by atoms with Gasteiger partial charge < -0.3 is 9.80 Å². The van der Waals surface area contributed by atoms with Crippen LogP contribution in [-0.4, -0.2) is 14.1 Å². The van der Waals surface area contributed by atoms with Gasteiger partial charge in [-0.1, -0.05) is 20.8 Å². The third kappa shape index (κ3) is 0.916. The third-order valence-corrected chi connectivity index (χ3v) is 3.11. The van der Waals surface area contributed by atoms with Crippen LogP contribution in [0.3, 0.4) is 0 Å². The summed E-state index contributed by atoms with van der Waals surface area (Å²) in [6, 6.07) is 0. The highest BCUT2D eigenvalue weighted by atomic mass is 15.4. The van der Waals surface area contributed by atoms with E-state index < -0.39 is 0 Å². The Labute approximate surface area is 80.1 Å². The van der Waals surface area contributed by atoms with Crippen LogP contribution in [0.1, 0.15) is 16.7 Å². The first-order chi connectivity index (χ1) is 6.04. The van der Waals surface area contributed by atoms with Crippen LogP contribution in [0.25, 0.3) is 0 Å². The predicted molar refractivity (Wildman–Crippen MR) is 57.4 cm³/mol. The zero-order chi connectivity index (χ0) is 9.75. The molecule has 2 nitrogen and oxygen atoms in total. The van der Waals surface area contributed by atoms with Gasteiger partial charge in [0.05, 0.1) is 0 Å². The van der Waals surface area contributed by atoms with Crippen LogP contribution < -0.4 is 9.80 Å². The summed E-state index contributed by atoms with van der Waals surface area (Å²) in [4.78, 5) is 4.40. The van der Waals surface area contributed by atoms with Crippen molar-refractivity contribution in [1.29, 1.82) is 0 Å². The molecule has 1 heterocycles. The first kappa shape index (κ1) is 8.54. The summed E-state index contributed by atoms with van der Waals surface area (Å²) >= 11 is 0. The third-order valence-electron chi connectivity index (χ3n) is 3.11. The normalized spacial score (nSPS) is 15.5. The van der Waals surface area contributed by atoms with Crippen molar-refractivity contribution < 1.29 is 0 Å². The second-order valence-corrected chi connectivity index (χ2v) is 3.91. The Morgan fingerprint density at radius 1 is 1.00 bits per heavy atom. The van der Waals surface area contributed by atoms with Gasteiger partial charge in [-0.05, 0) is 14.1 Å². The molecular formula is C11H16N2-2. The molecule has 0 aliphatic carbocycles. The van der Waals surface area contributed by atoms with E-state index in [-0.39, 0.29) is 0 Å². The predicted octanol–water partition coefficient (Wildman–Crippen LogP) is 2.34. The van der Waals surface area contributed by atoms with Crippen molar-refractivity contribution in [2.75, 3.05) is 23.9 Å². The molecular weight excluding hydrogens is 160 g/mol. The molecule has 0 spiro atoms. The lowest BCUT2D eigenvalue weighted by molar-refractivity contribution is 1.03. The van der Waals surface area contributed by atoms with Crippen LogP contribution in [0.2, 0.25) is 0 Å². The Morgan fingerprint density at radius 3 is 1.77 bits per heavy atom. The highest BCUT2D eigenvalue weighted by Crippen LogP contribution is 2.45. The summed E-state index contributed by atoms with van der Waals surface area (Å²) in [7, 11) is 4.21. The van der Waals surface area contributed by atoms with Gasteiger partial charge in [-0.3, -0.25) is 0 Å². The van der Waals surface area contributed by atoms with Gasteiger partial charge in [0.2, 0.25) is 0 Å². The number of fused-ring (bicyclic) bond motifs is 1. The monoisotopic (exact) mass is 176 g/mol. The van der Waals surface area contributed by atoms with E-state index in [9.17, 15) is 0 Å². The summed E-state index contributed by atoms with van der Waals surface area (Å²) < 4.78 is 0. The molecule has 0 amide bonds. The lowest BCUT2D eigenvalue weighted by atomic mass is 10.2. The number of hydrogen-bond acceptors (Lipinski definition) is 2. The Bertz CT molecular complexity index is 318. The van der Waals surface area contributed by atoms with Crippen LogP contribution in [0.15, 0.2) is 0 Å². The van der Waals surface area contributed by atoms with Crippen molar-refractivity contribution >= 4 is 11.4 Å². The summed E-state index contributed by atoms with van der Waals surface area (Å²) in [5.74, 6) is 0. The summed E-state index contributed by atoms with van der Waals surface area (Å²) in [5, 5.41) is 0. The van der Waals surface area contributed by atoms with E-state index in [4.69, 9.17) is 0 Å². The maximum Gasteiger partial charge on any atom is -0.0329 e. The molecule has 1 aliphatic rings. The Kier molecular flexibility index (Phi) is 1.62. The fraction of sp³-hybridized carbons (Fsp3) is 0.455. The number of anilines is 2. The molecule has 0 unspecified atom stereocenters. The molecule has 13 heavy (non-hydrogen) atoms. The van der Waals surface area contributed by atoms with E-state index in [2.05, 4.69) is 51.3 Å². The minimum Gasteiger partial charge on any atom is -0.567 e. The van der Waals surface area contributed by atoms with Crippen LogP contribution in [-0.2, 0) is 0 Å². The molecule has 1 aliphatic heterocycles. The highest BCUT2D eigenvalue weighted by molar-refractivity contribution is 5.87. The highest BCUT2D eigenvalue weighted by Gasteiger charge is 2.10. The molecule has 0 radical (unpaired) electrons. The zero-order valence-electron chi connectivity index (χ0n) is 8.97. The van der Waals surface area contributed by atoms with E-state index in [1.54, 1.807) is 0 Å². The first-order valence-corrected chi connectivity index (χ1v) is 4.61. The van der Waals surface area contributed by atoms with Crippen LogP contribution in [0.5, 0.6) is 0 Å². The molecule has 72 valence electrons. The molecule has 0 bridgehead atoms. The lowest BCUT2D eigenvalue weighted by Gasteiger charge is -2.35. The van der Waals surface area contributed by atoms with Crippen LogP contribution >= 0.6 is 0 Å². The maximum atomic E-state index is 2.20. The van der Waals surface area contributed by atoms with Crippen molar-refractivity contribution in [3.05, 3.63) is 23.4 Å². The smallest absolute Gasteiger partial charge is 0.0329 e. The van der Waals surface area contributed by atoms with Gasteiger partial charge in [0.15, 0.2) is 0 Å². The van der Waals surface area contributed by atoms with Gasteiger partial charge in [0, 0.05) is 0 Å². The van der Waals surface area contributed by atoms with Gasteiger partial charge in [-0.25, -0.2) is 0 Å². The van der Waals surface area contributed by atoms with Crippen molar-refractivity contribution in [2.24, 2.45) is 0 Å². The van der Waals surface area contributed by atoms with E-state index in [0.29, 0.717) is 0 Å². The molecule has 2 heteroatoms. The minimum atomic E-state index is 1.37. The van der Waals surface area contributed by atoms with E-state index in [1.165, 1.54) is 28.1 Å². The van der Waals surface area contributed by atoms with E-state index in [0.717, 1.165) is 0 Å². The lowest BCUT2D eigenvalue weighted by Crippen LogP contribution is -2.18. The second kappa shape index (κ2) is 2.47. The zero-order valence-corrected chi connectivity index (χ0v) is 8.97. The van der Waals surface area contributed by atoms with Crippen molar-refractivity contribution in [1.82, 2.24) is 0 Å². The van der Waals surface area contributed by atoms with Crippen LogP contribution in [0.4, 0.5) is 11.4 Å². The molecule has 0 saturated carbocycles. The Hall–Kier alpha value is -1.05. The molecule has 2 rings (SSSR count). The number of hydrogen-bond donors (Lipinski definition) is 0. The van der Waals surface area contributed by atoms with Crippen molar-refractivity contribution in [3.8, 4) is 0 Å². The van der Waals surface area contributed by atoms with E-state index in [1.807, 2.05) is 0 Å². The Morgan fingerprint density at radius 2 is 1.38 bits per heavy atom. The van der Waals surface area contributed by atoms with Gasteiger partial charge in [-0.2, -0.15) is 12.2 Å². The molecule has 0 saturated heterocycles. The fourth-order valence-electron chi connectivity index (χ4n) is 2.23. The summed E-state index contributed by atoms with van der Waals surface area (Å²) in [6.07, 6.45) is 0. The average molecular weight is 176 g/mol. The van der Waals surface area contributed by atoms with Crippen molar-refractivity contribution in [2.45, 2.75) is 20.8 Å². The first-order valence-electron chi connectivity index (χ1n) is 4.61. The molecule has 0 N–H and O–H groups in total. The van der Waals surface area contributed by atoms with Gasteiger partial charge >= 0.3 is 0 Å². The minimum absolute atomic E-state index is 1.37. The standard InChI is InChI=1S/C11H16N2/c1-7-8(2)10-11(9(7)3)13(5)6-12(10)4/h6H,1-5H3/q-2. The quantitative estimate of drug-likeness (QED) is 0.560. The molecule has 0 aromatic heterocycles. The fourth-order valence-corrected chi connectivity index (χ4v) is 2.23.